The Kier molecular flexibility index (Phi) is 6.24. The summed E-state index contributed by atoms with van der Waals surface area (Å²) in [6, 6.07) is 4.21. The average molecular weight is 459 g/mol. The number of aliphatic carboxylic acids is 1. The van der Waals surface area contributed by atoms with Crippen molar-refractivity contribution in [3.63, 3.8) is 0 Å². The largest absolute Gasteiger partial charge is 0.492 e. The zero-order chi connectivity index (χ0) is 19.2. The molecule has 1 N–H and O–H groups in total. The van der Waals surface area contributed by atoms with Crippen LogP contribution in [0.2, 0.25) is 0 Å². The molecule has 2 heterocycles. The molecule has 10 nitrogen and oxygen atoms in total. The van der Waals surface area contributed by atoms with Crippen LogP contribution in [0.3, 0.4) is 0 Å². The number of nitrogens with zero attached hydrogens (tertiary/aromatic N) is 6. The smallest absolute Gasteiger partial charge is 0.327 e. The summed E-state index contributed by atoms with van der Waals surface area (Å²) in [5.74, 6) is -0.862. The molecule has 0 aliphatic heterocycles. The fraction of sp³-hybridized carbons (Fsp3) is 0.286. The van der Waals surface area contributed by atoms with Gasteiger partial charge in [-0.3, -0.25) is 4.79 Å². The number of tetrazole rings is 1. The molecule has 0 atom stereocenters. The highest BCUT2D eigenvalue weighted by Gasteiger charge is 2.14. The lowest BCUT2D eigenvalue weighted by Crippen LogP contribution is -2.11. The van der Waals surface area contributed by atoms with Crippen LogP contribution >= 0.6 is 27.3 Å². The lowest BCUT2D eigenvalue weighted by Gasteiger charge is -2.08. The quantitative estimate of drug-likeness (QED) is 0.479. The van der Waals surface area contributed by atoms with Crippen LogP contribution in [0.25, 0.3) is 10.8 Å². The van der Waals surface area contributed by atoms with E-state index in [1.54, 1.807) is 6.07 Å². The van der Waals surface area contributed by atoms with Gasteiger partial charge in [0.2, 0.25) is 5.82 Å². The summed E-state index contributed by atoms with van der Waals surface area (Å²) in [6.07, 6.45) is 0.547. The van der Waals surface area contributed by atoms with Crippen LogP contribution in [0.5, 0.6) is 10.9 Å². The molecular formula is C14H12BrFN6O4S. The minimum atomic E-state index is -1.08. The molecule has 13 heteroatoms. The zero-order valence-corrected chi connectivity index (χ0v) is 16.0. The third-order valence-corrected chi connectivity index (χ3v) is 4.48. The van der Waals surface area contributed by atoms with E-state index in [0.717, 1.165) is 16.1 Å². The van der Waals surface area contributed by atoms with Crippen molar-refractivity contribution in [3.05, 3.63) is 28.5 Å². The molecule has 0 spiro atoms. The van der Waals surface area contributed by atoms with E-state index in [4.69, 9.17) is 14.6 Å². The van der Waals surface area contributed by atoms with Crippen molar-refractivity contribution < 1.29 is 23.8 Å². The van der Waals surface area contributed by atoms with Crippen LogP contribution in [-0.2, 0) is 11.3 Å². The van der Waals surface area contributed by atoms with Gasteiger partial charge in [-0.25, -0.2) is 4.39 Å². The third-order valence-electron chi connectivity index (χ3n) is 2.99. The Morgan fingerprint density at radius 1 is 1.26 bits per heavy atom. The predicted octanol–water partition coefficient (Wildman–Crippen LogP) is 2.03. The lowest BCUT2D eigenvalue weighted by atomic mass is 10.3. The molecule has 0 saturated heterocycles. The normalized spacial score (nSPS) is 10.7. The Hall–Kier alpha value is -2.67. The first-order chi connectivity index (χ1) is 13.0. The summed E-state index contributed by atoms with van der Waals surface area (Å²) >= 11 is 4.39. The number of aromatic nitrogens is 6. The number of hydrogen-bond donors (Lipinski definition) is 1. The Bertz CT molecular complexity index is 936. The Morgan fingerprint density at radius 3 is 2.89 bits per heavy atom. The number of halogens is 2. The molecule has 27 heavy (non-hydrogen) atoms. The van der Waals surface area contributed by atoms with Gasteiger partial charge in [0.15, 0.2) is 11.6 Å². The van der Waals surface area contributed by atoms with Crippen LogP contribution in [-0.4, -0.2) is 54.7 Å². The van der Waals surface area contributed by atoms with Crippen molar-refractivity contribution in [1.82, 2.24) is 30.4 Å². The first-order valence-electron chi connectivity index (χ1n) is 7.55. The van der Waals surface area contributed by atoms with Crippen LogP contribution in [0.15, 0.2) is 22.7 Å². The van der Waals surface area contributed by atoms with Gasteiger partial charge in [0.05, 0.1) is 17.7 Å². The minimum absolute atomic E-state index is 0.169. The Morgan fingerprint density at radius 2 is 2.07 bits per heavy atom. The molecule has 3 rings (SSSR count). The average Bonchev–Trinajstić information content (AvgIpc) is 3.26. The summed E-state index contributed by atoms with van der Waals surface area (Å²) in [5, 5.41) is 28.4. The van der Waals surface area contributed by atoms with Crippen LogP contribution < -0.4 is 9.47 Å². The maximum Gasteiger partial charge on any atom is 0.327 e. The predicted molar refractivity (Wildman–Crippen MR) is 94.1 cm³/mol. The molecule has 3 aromatic rings. The highest BCUT2D eigenvalue weighted by atomic mass is 79.9. The van der Waals surface area contributed by atoms with Crippen molar-refractivity contribution in [2.45, 2.75) is 13.0 Å². The van der Waals surface area contributed by atoms with Gasteiger partial charge >= 0.3 is 5.97 Å². The first kappa shape index (κ1) is 19.1. The molecule has 0 bridgehead atoms. The molecule has 1 aromatic carbocycles. The van der Waals surface area contributed by atoms with E-state index in [1.165, 1.54) is 12.1 Å². The van der Waals surface area contributed by atoms with E-state index < -0.39 is 12.5 Å². The van der Waals surface area contributed by atoms with E-state index >= 15 is 0 Å². The summed E-state index contributed by atoms with van der Waals surface area (Å²) in [6.45, 7) is 0.260. The van der Waals surface area contributed by atoms with Crippen LogP contribution in [0, 0.1) is 5.82 Å². The monoisotopic (exact) mass is 458 g/mol. The molecule has 0 aliphatic carbocycles. The first-order valence-corrected chi connectivity index (χ1v) is 9.16. The number of benzene rings is 1. The van der Waals surface area contributed by atoms with Crippen molar-refractivity contribution in [2.75, 3.05) is 13.2 Å². The topological polar surface area (TPSA) is 125 Å². The van der Waals surface area contributed by atoms with E-state index in [1.807, 2.05) is 0 Å². The summed E-state index contributed by atoms with van der Waals surface area (Å²) in [4.78, 5) is 11.6. The highest BCUT2D eigenvalue weighted by molar-refractivity contribution is 9.10. The Labute approximate surface area is 164 Å². The van der Waals surface area contributed by atoms with Crippen LogP contribution in [0.1, 0.15) is 6.42 Å². The van der Waals surface area contributed by atoms with E-state index in [-0.39, 0.29) is 11.6 Å². The van der Waals surface area contributed by atoms with Gasteiger partial charge in [0, 0.05) is 12.5 Å². The van der Waals surface area contributed by atoms with Gasteiger partial charge in [-0.05, 0) is 33.3 Å². The molecule has 0 unspecified atom stereocenters. The van der Waals surface area contributed by atoms with Crippen molar-refractivity contribution in [2.24, 2.45) is 0 Å². The molecule has 142 valence electrons. The minimum Gasteiger partial charge on any atom is -0.492 e. The van der Waals surface area contributed by atoms with Crippen LogP contribution in [0.4, 0.5) is 4.39 Å². The Balaban J connectivity index is 1.45. The molecular weight excluding hydrogens is 447 g/mol. The van der Waals surface area contributed by atoms with Gasteiger partial charge < -0.3 is 14.6 Å². The number of rotatable bonds is 9. The fourth-order valence-corrected chi connectivity index (χ4v) is 2.87. The molecule has 2 aromatic heterocycles. The summed E-state index contributed by atoms with van der Waals surface area (Å²) in [5.41, 5.74) is 0. The van der Waals surface area contributed by atoms with Gasteiger partial charge in [0.25, 0.3) is 5.19 Å². The second-order valence-electron chi connectivity index (χ2n) is 5.04. The number of ether oxygens (including phenoxy) is 2. The number of carboxylic acids is 1. The second-order valence-corrected chi connectivity index (χ2v) is 6.83. The highest BCUT2D eigenvalue weighted by Crippen LogP contribution is 2.26. The second kappa shape index (κ2) is 8.81. The molecule has 0 saturated carbocycles. The SMILES string of the molecule is O=C(O)Cn1nnc(-c2nnc(OCCCOc3cc(F)ccc3Br)s2)n1. The fourth-order valence-electron chi connectivity index (χ4n) is 1.86. The zero-order valence-electron chi connectivity index (χ0n) is 13.6. The van der Waals surface area contributed by atoms with Gasteiger partial charge in [0.1, 0.15) is 11.6 Å². The number of hydrogen-bond acceptors (Lipinski definition) is 9. The van der Waals surface area contributed by atoms with Crippen molar-refractivity contribution >= 4 is 33.2 Å². The molecule has 0 fully saturated rings. The van der Waals surface area contributed by atoms with E-state index in [9.17, 15) is 9.18 Å². The summed E-state index contributed by atoms with van der Waals surface area (Å²) in [7, 11) is 0. The number of carboxylic acid groups (broad SMARTS) is 1. The van der Waals surface area contributed by atoms with Gasteiger partial charge in [-0.2, -0.15) is 4.80 Å². The lowest BCUT2D eigenvalue weighted by molar-refractivity contribution is -0.138. The van der Waals surface area contributed by atoms with E-state index in [2.05, 4.69) is 41.5 Å². The standard InChI is InChI=1S/C14H12BrFN6O4S/c15-9-3-2-8(16)6-10(9)25-4-1-5-26-14-19-18-13(27-14)12-17-21-22(20-12)7-11(23)24/h2-3,6H,1,4-5,7H2,(H,23,24). The maximum atomic E-state index is 13.2. The molecule has 0 radical (unpaired) electrons. The van der Waals surface area contributed by atoms with Gasteiger partial charge in [-0.1, -0.05) is 16.4 Å². The van der Waals surface area contributed by atoms with Crippen molar-refractivity contribution in [1.29, 1.82) is 0 Å². The molecule has 0 aliphatic rings. The van der Waals surface area contributed by atoms with Gasteiger partial charge in [-0.15, -0.1) is 15.3 Å². The molecule has 0 amide bonds. The summed E-state index contributed by atoms with van der Waals surface area (Å²) < 4.78 is 24.8. The third kappa shape index (κ3) is 5.40. The maximum absolute atomic E-state index is 13.2. The number of carbonyl (C=O) groups is 1. The van der Waals surface area contributed by atoms with E-state index in [0.29, 0.717) is 40.1 Å². The van der Waals surface area contributed by atoms with Crippen molar-refractivity contribution in [3.8, 4) is 21.8 Å².